The Hall–Kier alpha value is -2.60. The van der Waals surface area contributed by atoms with Crippen LogP contribution in [0.2, 0.25) is 0 Å². The molecule has 0 bridgehead atoms. The average Bonchev–Trinajstić information content (AvgIpc) is 2.98. The van der Waals surface area contributed by atoms with E-state index in [4.69, 9.17) is 9.47 Å². The molecule has 0 aliphatic rings. The molecule has 130 valence electrons. The summed E-state index contributed by atoms with van der Waals surface area (Å²) in [6.45, 7) is 0.500. The first kappa shape index (κ1) is 17.2. The lowest BCUT2D eigenvalue weighted by atomic mass is 10.1. The van der Waals surface area contributed by atoms with Crippen molar-refractivity contribution in [1.82, 2.24) is 4.68 Å². The van der Waals surface area contributed by atoms with Crippen LogP contribution in [0.15, 0.2) is 59.6 Å². The summed E-state index contributed by atoms with van der Waals surface area (Å²) in [5.41, 5.74) is 2.53. The molecular formula is C19H20N2O3S. The van der Waals surface area contributed by atoms with Crippen LogP contribution < -0.4 is 14.3 Å². The van der Waals surface area contributed by atoms with Gasteiger partial charge in [-0.3, -0.25) is 0 Å². The van der Waals surface area contributed by atoms with Gasteiger partial charge in [-0.05, 0) is 48.2 Å². The molecule has 0 N–H and O–H groups in total. The third-order valence-corrected chi connectivity index (χ3v) is 4.77. The molecule has 3 aromatic rings. The van der Waals surface area contributed by atoms with Gasteiger partial charge in [0.15, 0.2) is 0 Å². The molecule has 0 unspecified atom stereocenters. The molecule has 1 heterocycles. The standard InChI is InChI=1S/C19H20N2O3S/c1-23-16-8-4-14(5-9-16)13-20-19(25-3)12-18(21(20)22)15-6-10-17(24-2)11-7-15/h4-12H,13H2,1-3H3. The number of rotatable bonds is 6. The van der Waals surface area contributed by atoms with Crippen molar-refractivity contribution >= 4 is 11.8 Å². The van der Waals surface area contributed by atoms with Crippen LogP contribution in [0.3, 0.4) is 0 Å². The lowest BCUT2D eigenvalue weighted by Crippen LogP contribution is -2.39. The SMILES string of the molecule is COc1ccc(Cn2c(SC)cc(-c3ccc(OC)cc3)[n+]2[O-])cc1. The number of hydrogen-bond acceptors (Lipinski definition) is 4. The normalized spacial score (nSPS) is 10.7. The molecular weight excluding hydrogens is 336 g/mol. The van der Waals surface area contributed by atoms with Gasteiger partial charge < -0.3 is 14.7 Å². The highest BCUT2D eigenvalue weighted by molar-refractivity contribution is 7.98. The number of methoxy groups -OCH3 is 2. The second-order valence-corrected chi connectivity index (χ2v) is 6.31. The minimum atomic E-state index is 0.500. The van der Waals surface area contributed by atoms with Crippen LogP contribution in [0, 0.1) is 5.21 Å². The van der Waals surface area contributed by atoms with E-state index in [-0.39, 0.29) is 0 Å². The zero-order valence-corrected chi connectivity index (χ0v) is 15.2. The van der Waals surface area contributed by atoms with E-state index in [1.165, 1.54) is 0 Å². The summed E-state index contributed by atoms with van der Waals surface area (Å²) in [5.74, 6) is 1.57. The second-order valence-electron chi connectivity index (χ2n) is 5.48. The van der Waals surface area contributed by atoms with Crippen molar-refractivity contribution in [3.05, 3.63) is 65.4 Å². The van der Waals surface area contributed by atoms with Gasteiger partial charge in [0.25, 0.3) is 5.69 Å². The summed E-state index contributed by atoms with van der Waals surface area (Å²) in [6.07, 6.45) is 1.97. The van der Waals surface area contributed by atoms with Gasteiger partial charge in [0, 0.05) is 0 Å². The molecule has 25 heavy (non-hydrogen) atoms. The first-order valence-electron chi connectivity index (χ1n) is 7.81. The highest BCUT2D eigenvalue weighted by Crippen LogP contribution is 2.25. The summed E-state index contributed by atoms with van der Waals surface area (Å²) in [4.78, 5) is 0.956. The van der Waals surface area contributed by atoms with E-state index in [0.717, 1.165) is 32.5 Å². The molecule has 0 saturated carbocycles. The van der Waals surface area contributed by atoms with Crippen molar-refractivity contribution in [3.63, 3.8) is 0 Å². The number of aromatic nitrogens is 2. The highest BCUT2D eigenvalue weighted by atomic mass is 32.2. The fourth-order valence-electron chi connectivity index (χ4n) is 2.63. The summed E-state index contributed by atoms with van der Waals surface area (Å²) >= 11 is 1.55. The van der Waals surface area contributed by atoms with Crippen LogP contribution in [-0.2, 0) is 6.54 Å². The molecule has 0 spiro atoms. The first-order valence-corrected chi connectivity index (χ1v) is 9.03. The van der Waals surface area contributed by atoms with Crippen LogP contribution in [-0.4, -0.2) is 25.2 Å². The molecule has 0 saturated heterocycles. The van der Waals surface area contributed by atoms with Crippen molar-refractivity contribution in [3.8, 4) is 22.8 Å². The molecule has 5 nitrogen and oxygen atoms in total. The molecule has 0 aliphatic heterocycles. The Kier molecular flexibility index (Phi) is 5.19. The predicted octanol–water partition coefficient (Wildman–Crippen LogP) is 3.58. The summed E-state index contributed by atoms with van der Waals surface area (Å²) in [6, 6.07) is 17.2. The Morgan fingerprint density at radius 2 is 1.52 bits per heavy atom. The molecule has 1 aromatic heterocycles. The number of benzene rings is 2. The van der Waals surface area contributed by atoms with E-state index in [1.54, 1.807) is 30.7 Å². The Morgan fingerprint density at radius 1 is 0.960 bits per heavy atom. The van der Waals surface area contributed by atoms with Crippen molar-refractivity contribution in [2.24, 2.45) is 0 Å². The monoisotopic (exact) mass is 356 g/mol. The molecule has 3 rings (SSSR count). The van der Waals surface area contributed by atoms with Crippen LogP contribution in [0.25, 0.3) is 11.3 Å². The van der Waals surface area contributed by atoms with Crippen LogP contribution >= 0.6 is 11.8 Å². The second kappa shape index (κ2) is 7.53. The smallest absolute Gasteiger partial charge is 0.252 e. The molecule has 0 atom stereocenters. The van der Waals surface area contributed by atoms with E-state index >= 15 is 0 Å². The molecule has 2 aromatic carbocycles. The molecule has 0 amide bonds. The minimum Gasteiger partial charge on any atom is -0.595 e. The van der Waals surface area contributed by atoms with Crippen molar-refractivity contribution < 1.29 is 14.3 Å². The fourth-order valence-corrected chi connectivity index (χ4v) is 3.21. The Balaban J connectivity index is 1.94. The maximum Gasteiger partial charge on any atom is 0.252 e. The number of ether oxygens (including phenoxy) is 2. The predicted molar refractivity (Wildman–Crippen MR) is 99.3 cm³/mol. The third kappa shape index (κ3) is 3.58. The van der Waals surface area contributed by atoms with Gasteiger partial charge in [-0.15, -0.1) is 16.4 Å². The van der Waals surface area contributed by atoms with Gasteiger partial charge in [-0.1, -0.05) is 17.0 Å². The topological polar surface area (TPSA) is 50.3 Å². The van der Waals surface area contributed by atoms with Crippen LogP contribution in [0.4, 0.5) is 0 Å². The largest absolute Gasteiger partial charge is 0.595 e. The van der Waals surface area contributed by atoms with Gasteiger partial charge in [-0.25, -0.2) is 0 Å². The highest BCUT2D eigenvalue weighted by Gasteiger charge is 2.20. The Bertz CT molecular complexity index is 842. The number of thioether (sulfide) groups is 1. The van der Waals surface area contributed by atoms with Gasteiger partial charge in [0.2, 0.25) is 0 Å². The molecule has 6 heteroatoms. The summed E-state index contributed by atoms with van der Waals surface area (Å²) < 4.78 is 12.1. The number of nitrogens with zero attached hydrogens (tertiary/aromatic N) is 2. The van der Waals surface area contributed by atoms with Crippen LogP contribution in [0.5, 0.6) is 11.5 Å². The van der Waals surface area contributed by atoms with E-state index < -0.39 is 0 Å². The molecule has 0 radical (unpaired) electrons. The Morgan fingerprint density at radius 3 is 2.04 bits per heavy atom. The zero-order chi connectivity index (χ0) is 17.8. The summed E-state index contributed by atoms with van der Waals surface area (Å²) in [5, 5.41) is 13.8. The lowest BCUT2D eigenvalue weighted by molar-refractivity contribution is -0.686. The maximum absolute atomic E-state index is 12.8. The average molecular weight is 356 g/mol. The fraction of sp³-hybridized carbons (Fsp3) is 0.211. The van der Waals surface area contributed by atoms with Crippen molar-refractivity contribution in [2.45, 2.75) is 11.6 Å². The van der Waals surface area contributed by atoms with Gasteiger partial charge in [0.05, 0.1) is 25.8 Å². The van der Waals surface area contributed by atoms with Gasteiger partial charge in [0.1, 0.15) is 23.1 Å². The van der Waals surface area contributed by atoms with E-state index in [2.05, 4.69) is 0 Å². The lowest BCUT2D eigenvalue weighted by Gasteiger charge is -2.08. The van der Waals surface area contributed by atoms with E-state index in [0.29, 0.717) is 12.2 Å². The van der Waals surface area contributed by atoms with Crippen molar-refractivity contribution in [1.29, 1.82) is 0 Å². The molecule has 0 aliphatic carbocycles. The van der Waals surface area contributed by atoms with E-state index in [9.17, 15) is 5.21 Å². The first-order chi connectivity index (χ1) is 12.2. The van der Waals surface area contributed by atoms with Crippen molar-refractivity contribution in [2.75, 3.05) is 20.5 Å². The maximum atomic E-state index is 12.8. The minimum absolute atomic E-state index is 0.500. The Labute approximate surface area is 151 Å². The molecule has 0 fully saturated rings. The summed E-state index contributed by atoms with van der Waals surface area (Å²) in [7, 11) is 3.26. The van der Waals surface area contributed by atoms with Crippen LogP contribution in [0.1, 0.15) is 5.56 Å². The quantitative estimate of drug-likeness (QED) is 0.385. The van der Waals surface area contributed by atoms with Gasteiger partial charge >= 0.3 is 0 Å². The zero-order valence-electron chi connectivity index (χ0n) is 14.4. The third-order valence-electron chi connectivity index (χ3n) is 4.03. The number of hydrogen-bond donors (Lipinski definition) is 0. The van der Waals surface area contributed by atoms with Gasteiger partial charge in [-0.2, -0.15) is 0 Å². The van der Waals surface area contributed by atoms with E-state index in [1.807, 2.05) is 60.9 Å².